The van der Waals surface area contributed by atoms with E-state index < -0.39 is 0 Å². The van der Waals surface area contributed by atoms with Crippen LogP contribution in [0.25, 0.3) is 10.9 Å². The SMILES string of the molecule is CN(C)c1cc(NC2CCC(C(N)=O)CC2)nc2ccccc12. The lowest BCUT2D eigenvalue weighted by molar-refractivity contribution is -0.122. The molecular formula is C18H24N4O. The monoisotopic (exact) mass is 312 g/mol. The van der Waals surface area contributed by atoms with Crippen LogP contribution in [-0.4, -0.2) is 31.0 Å². The Bertz CT molecular complexity index is 705. The molecule has 1 aromatic heterocycles. The van der Waals surface area contributed by atoms with Crippen molar-refractivity contribution in [3.05, 3.63) is 30.3 Å². The highest BCUT2D eigenvalue weighted by Gasteiger charge is 2.24. The van der Waals surface area contributed by atoms with Crippen LogP contribution in [0.1, 0.15) is 25.7 Å². The quantitative estimate of drug-likeness (QED) is 0.910. The standard InChI is InChI=1S/C18H24N4O/c1-22(2)16-11-17(21-15-6-4-3-5-14(15)16)20-13-9-7-12(8-10-13)18(19)23/h3-6,11-13H,7-10H2,1-2H3,(H2,19,23)(H,20,21). The number of carbonyl (C=O) groups is 1. The molecule has 1 heterocycles. The number of fused-ring (bicyclic) bond motifs is 1. The van der Waals surface area contributed by atoms with Gasteiger partial charge in [0.1, 0.15) is 5.82 Å². The molecule has 0 bridgehead atoms. The van der Waals surface area contributed by atoms with Crippen LogP contribution in [-0.2, 0) is 4.79 Å². The summed E-state index contributed by atoms with van der Waals surface area (Å²) in [6.07, 6.45) is 3.64. The van der Waals surface area contributed by atoms with Crippen LogP contribution in [0.3, 0.4) is 0 Å². The maximum absolute atomic E-state index is 11.3. The van der Waals surface area contributed by atoms with Crippen LogP contribution >= 0.6 is 0 Å². The molecule has 3 N–H and O–H groups in total. The van der Waals surface area contributed by atoms with Gasteiger partial charge in [0.25, 0.3) is 0 Å². The molecule has 0 unspecified atom stereocenters. The molecule has 5 nitrogen and oxygen atoms in total. The van der Waals surface area contributed by atoms with Gasteiger partial charge < -0.3 is 16.0 Å². The number of hydrogen-bond donors (Lipinski definition) is 2. The van der Waals surface area contributed by atoms with E-state index in [2.05, 4.69) is 22.3 Å². The van der Waals surface area contributed by atoms with Gasteiger partial charge in [0, 0.05) is 43.2 Å². The number of aromatic nitrogens is 1. The fourth-order valence-corrected chi connectivity index (χ4v) is 3.33. The topological polar surface area (TPSA) is 71.2 Å². The molecule has 0 spiro atoms. The first-order chi connectivity index (χ1) is 11.0. The molecule has 5 heteroatoms. The summed E-state index contributed by atoms with van der Waals surface area (Å²) in [6.45, 7) is 0. The Morgan fingerprint density at radius 2 is 1.91 bits per heavy atom. The molecule has 1 aliphatic carbocycles. The second kappa shape index (κ2) is 6.44. The lowest BCUT2D eigenvalue weighted by Crippen LogP contribution is -2.32. The average Bonchev–Trinajstić information content (AvgIpc) is 2.54. The summed E-state index contributed by atoms with van der Waals surface area (Å²) in [7, 11) is 4.09. The van der Waals surface area contributed by atoms with Gasteiger partial charge in [0.2, 0.25) is 5.91 Å². The Labute approximate surface area is 136 Å². The zero-order valence-electron chi connectivity index (χ0n) is 13.7. The highest BCUT2D eigenvalue weighted by Crippen LogP contribution is 2.30. The summed E-state index contributed by atoms with van der Waals surface area (Å²) in [5, 5.41) is 4.69. The van der Waals surface area contributed by atoms with Crippen LogP contribution < -0.4 is 16.0 Å². The average molecular weight is 312 g/mol. The minimum absolute atomic E-state index is 0.0370. The van der Waals surface area contributed by atoms with Gasteiger partial charge in [-0.2, -0.15) is 0 Å². The third-order valence-electron chi connectivity index (χ3n) is 4.66. The van der Waals surface area contributed by atoms with Crippen molar-refractivity contribution in [2.45, 2.75) is 31.7 Å². The number of anilines is 2. The second-order valence-corrected chi connectivity index (χ2v) is 6.53. The zero-order chi connectivity index (χ0) is 16.4. The number of para-hydroxylation sites is 1. The number of benzene rings is 1. The summed E-state index contributed by atoms with van der Waals surface area (Å²) in [6, 6.07) is 10.6. The van der Waals surface area contributed by atoms with E-state index in [1.807, 2.05) is 32.3 Å². The van der Waals surface area contributed by atoms with E-state index >= 15 is 0 Å². The van der Waals surface area contributed by atoms with Gasteiger partial charge in [0.15, 0.2) is 0 Å². The third kappa shape index (κ3) is 3.38. The maximum atomic E-state index is 11.3. The van der Waals surface area contributed by atoms with E-state index in [0.717, 1.165) is 48.1 Å². The molecule has 0 radical (unpaired) electrons. The van der Waals surface area contributed by atoms with E-state index in [0.29, 0.717) is 6.04 Å². The summed E-state index contributed by atoms with van der Waals surface area (Å²) in [5.41, 5.74) is 7.55. The summed E-state index contributed by atoms with van der Waals surface area (Å²) in [4.78, 5) is 18.1. The Kier molecular flexibility index (Phi) is 4.37. The molecule has 122 valence electrons. The van der Waals surface area contributed by atoms with Crippen LogP contribution in [0.15, 0.2) is 30.3 Å². The molecule has 0 aliphatic heterocycles. The van der Waals surface area contributed by atoms with Gasteiger partial charge in [-0.1, -0.05) is 18.2 Å². The van der Waals surface area contributed by atoms with Crippen molar-refractivity contribution < 1.29 is 4.79 Å². The number of carbonyl (C=O) groups excluding carboxylic acids is 1. The number of primary amides is 1. The molecular weight excluding hydrogens is 288 g/mol. The van der Waals surface area contributed by atoms with Crippen LogP contribution in [0.5, 0.6) is 0 Å². The number of nitrogens with two attached hydrogens (primary N) is 1. The number of hydrogen-bond acceptors (Lipinski definition) is 4. The molecule has 1 fully saturated rings. The van der Waals surface area contributed by atoms with Gasteiger partial charge >= 0.3 is 0 Å². The molecule has 1 aliphatic rings. The largest absolute Gasteiger partial charge is 0.377 e. The molecule has 1 amide bonds. The summed E-state index contributed by atoms with van der Waals surface area (Å²) < 4.78 is 0. The zero-order valence-corrected chi connectivity index (χ0v) is 13.7. The first-order valence-corrected chi connectivity index (χ1v) is 8.17. The Balaban J connectivity index is 1.80. The number of nitrogens with zero attached hydrogens (tertiary/aromatic N) is 2. The highest BCUT2D eigenvalue weighted by atomic mass is 16.1. The van der Waals surface area contributed by atoms with Gasteiger partial charge in [0.05, 0.1) is 5.52 Å². The van der Waals surface area contributed by atoms with Crippen LogP contribution in [0.4, 0.5) is 11.5 Å². The van der Waals surface area contributed by atoms with Crippen molar-refractivity contribution in [3.63, 3.8) is 0 Å². The highest BCUT2D eigenvalue weighted by molar-refractivity contribution is 5.93. The maximum Gasteiger partial charge on any atom is 0.220 e. The lowest BCUT2D eigenvalue weighted by Gasteiger charge is -2.28. The van der Waals surface area contributed by atoms with E-state index in [4.69, 9.17) is 10.7 Å². The first-order valence-electron chi connectivity index (χ1n) is 8.17. The molecule has 0 atom stereocenters. The number of amides is 1. The Hall–Kier alpha value is -2.30. The normalized spacial score (nSPS) is 21.1. The van der Waals surface area contributed by atoms with Crippen molar-refractivity contribution in [1.82, 2.24) is 4.98 Å². The molecule has 1 saturated carbocycles. The summed E-state index contributed by atoms with van der Waals surface area (Å²) in [5.74, 6) is 0.770. The van der Waals surface area contributed by atoms with E-state index in [1.165, 1.54) is 0 Å². The smallest absolute Gasteiger partial charge is 0.220 e. The van der Waals surface area contributed by atoms with E-state index in [-0.39, 0.29) is 11.8 Å². The molecule has 0 saturated heterocycles. The summed E-state index contributed by atoms with van der Waals surface area (Å²) >= 11 is 0. The van der Waals surface area contributed by atoms with Crippen LogP contribution in [0, 0.1) is 5.92 Å². The van der Waals surface area contributed by atoms with Crippen molar-refractivity contribution in [2.24, 2.45) is 11.7 Å². The van der Waals surface area contributed by atoms with E-state index in [1.54, 1.807) is 0 Å². The number of nitrogens with one attached hydrogen (secondary N) is 1. The van der Waals surface area contributed by atoms with E-state index in [9.17, 15) is 4.79 Å². The fraction of sp³-hybridized carbons (Fsp3) is 0.444. The predicted octanol–water partition coefficient (Wildman–Crippen LogP) is 2.76. The van der Waals surface area contributed by atoms with Gasteiger partial charge in [-0.15, -0.1) is 0 Å². The van der Waals surface area contributed by atoms with Gasteiger partial charge in [-0.3, -0.25) is 4.79 Å². The van der Waals surface area contributed by atoms with Gasteiger partial charge in [-0.05, 0) is 31.7 Å². The molecule has 2 aromatic rings. The Morgan fingerprint density at radius 3 is 2.57 bits per heavy atom. The van der Waals surface area contributed by atoms with Crippen molar-refractivity contribution in [1.29, 1.82) is 0 Å². The van der Waals surface area contributed by atoms with Crippen molar-refractivity contribution >= 4 is 28.3 Å². The molecule has 1 aromatic carbocycles. The van der Waals surface area contributed by atoms with Crippen molar-refractivity contribution in [3.8, 4) is 0 Å². The fourth-order valence-electron chi connectivity index (χ4n) is 3.33. The third-order valence-corrected chi connectivity index (χ3v) is 4.66. The second-order valence-electron chi connectivity index (χ2n) is 6.53. The lowest BCUT2D eigenvalue weighted by atomic mass is 9.85. The van der Waals surface area contributed by atoms with Crippen molar-refractivity contribution in [2.75, 3.05) is 24.3 Å². The molecule has 23 heavy (non-hydrogen) atoms. The minimum atomic E-state index is -0.165. The Morgan fingerprint density at radius 1 is 1.22 bits per heavy atom. The van der Waals surface area contributed by atoms with Gasteiger partial charge in [-0.25, -0.2) is 4.98 Å². The first kappa shape index (κ1) is 15.6. The number of pyridine rings is 1. The predicted molar refractivity (Wildman–Crippen MR) is 94.6 cm³/mol. The number of rotatable bonds is 4. The van der Waals surface area contributed by atoms with Crippen LogP contribution in [0.2, 0.25) is 0 Å². The molecule has 3 rings (SSSR count). The minimum Gasteiger partial charge on any atom is -0.377 e.